The highest BCUT2D eigenvalue weighted by Crippen LogP contribution is 2.31. The van der Waals surface area contributed by atoms with Gasteiger partial charge in [0.25, 0.3) is 0 Å². The van der Waals surface area contributed by atoms with E-state index in [2.05, 4.69) is 10.8 Å². The monoisotopic (exact) mass is 271 g/mol. The van der Waals surface area contributed by atoms with Crippen LogP contribution in [0.4, 0.5) is 0 Å². The Bertz CT molecular complexity index is 507. The van der Waals surface area contributed by atoms with E-state index in [-0.39, 0.29) is 6.04 Å². The number of hydrogen-bond donors (Lipinski definition) is 1. The van der Waals surface area contributed by atoms with Crippen molar-refractivity contribution in [1.82, 2.24) is 0 Å². The van der Waals surface area contributed by atoms with Crippen molar-refractivity contribution in [2.45, 2.75) is 13.0 Å². The summed E-state index contributed by atoms with van der Waals surface area (Å²) in [5.74, 6) is 0. The lowest BCUT2D eigenvalue weighted by Crippen LogP contribution is -2.12. The van der Waals surface area contributed by atoms with Crippen LogP contribution in [0.15, 0.2) is 29.0 Å². The number of rotatable bonds is 2. The molecule has 1 unspecified atom stereocenters. The lowest BCUT2D eigenvalue weighted by molar-refractivity contribution is 0.868. The van der Waals surface area contributed by atoms with Crippen LogP contribution < -0.4 is 5.73 Å². The first-order valence-corrected chi connectivity index (χ1v) is 6.52. The Morgan fingerprint density at radius 1 is 1.19 bits per heavy atom. The number of hydrogen-bond acceptors (Lipinski definition) is 2. The number of aryl methyl sites for hydroxylation is 1. The van der Waals surface area contributed by atoms with Crippen molar-refractivity contribution >= 4 is 34.5 Å². The van der Waals surface area contributed by atoms with Crippen molar-refractivity contribution in [2.24, 2.45) is 5.73 Å². The summed E-state index contributed by atoms with van der Waals surface area (Å²) >= 11 is 13.7. The Morgan fingerprint density at radius 3 is 2.56 bits per heavy atom. The third kappa shape index (κ3) is 2.25. The zero-order valence-electron chi connectivity index (χ0n) is 8.71. The molecule has 0 spiro atoms. The predicted octanol–water partition coefficient (Wildman–Crippen LogP) is 4.41. The molecular weight excluding hydrogens is 261 g/mol. The highest BCUT2D eigenvalue weighted by Gasteiger charge is 2.15. The van der Waals surface area contributed by atoms with Crippen LogP contribution >= 0.6 is 34.5 Å². The van der Waals surface area contributed by atoms with Crippen LogP contribution in [0.25, 0.3) is 0 Å². The largest absolute Gasteiger partial charge is 0.320 e. The first kappa shape index (κ1) is 11.9. The average Bonchev–Trinajstić information content (AvgIpc) is 2.67. The maximum atomic E-state index is 6.19. The molecule has 2 N–H and O–H groups in total. The SMILES string of the molecule is Cc1cscc1C(N)c1cc(Cl)ccc1Cl. The molecule has 0 amide bonds. The summed E-state index contributed by atoms with van der Waals surface area (Å²) in [4.78, 5) is 0. The van der Waals surface area contributed by atoms with Gasteiger partial charge in [-0.3, -0.25) is 0 Å². The van der Waals surface area contributed by atoms with E-state index >= 15 is 0 Å². The van der Waals surface area contributed by atoms with Crippen LogP contribution in [0, 0.1) is 6.92 Å². The quantitative estimate of drug-likeness (QED) is 0.860. The van der Waals surface area contributed by atoms with Gasteiger partial charge in [0.05, 0.1) is 6.04 Å². The molecule has 0 fully saturated rings. The van der Waals surface area contributed by atoms with Gasteiger partial charge in [0.15, 0.2) is 0 Å². The second kappa shape index (κ2) is 4.76. The number of thiophene rings is 1. The van der Waals surface area contributed by atoms with Crippen molar-refractivity contribution in [3.63, 3.8) is 0 Å². The van der Waals surface area contributed by atoms with Gasteiger partial charge in [-0.2, -0.15) is 11.3 Å². The van der Waals surface area contributed by atoms with Crippen molar-refractivity contribution in [3.8, 4) is 0 Å². The Balaban J connectivity index is 2.45. The number of halogens is 2. The molecule has 84 valence electrons. The average molecular weight is 272 g/mol. The molecule has 0 radical (unpaired) electrons. The molecule has 1 atom stereocenters. The zero-order chi connectivity index (χ0) is 11.7. The van der Waals surface area contributed by atoms with Gasteiger partial charge in [0.1, 0.15) is 0 Å². The zero-order valence-corrected chi connectivity index (χ0v) is 11.0. The molecule has 0 aliphatic rings. The molecule has 1 heterocycles. The van der Waals surface area contributed by atoms with Crippen LogP contribution in [-0.4, -0.2) is 0 Å². The molecule has 2 rings (SSSR count). The van der Waals surface area contributed by atoms with Crippen LogP contribution in [0.3, 0.4) is 0 Å². The summed E-state index contributed by atoms with van der Waals surface area (Å²) in [6.45, 7) is 2.05. The van der Waals surface area contributed by atoms with Crippen molar-refractivity contribution in [2.75, 3.05) is 0 Å². The molecule has 1 aromatic heterocycles. The smallest absolute Gasteiger partial charge is 0.0577 e. The van der Waals surface area contributed by atoms with Gasteiger partial charge in [-0.1, -0.05) is 23.2 Å². The van der Waals surface area contributed by atoms with Crippen LogP contribution in [0.2, 0.25) is 10.0 Å². The summed E-state index contributed by atoms with van der Waals surface area (Å²) in [5, 5.41) is 5.44. The molecule has 0 bridgehead atoms. The van der Waals surface area contributed by atoms with Crippen LogP contribution in [0.5, 0.6) is 0 Å². The molecule has 0 aliphatic heterocycles. The van der Waals surface area contributed by atoms with E-state index < -0.39 is 0 Å². The standard InChI is InChI=1S/C12H11Cl2NS/c1-7-5-16-6-10(7)12(15)9-4-8(13)2-3-11(9)14/h2-6,12H,15H2,1H3. The first-order valence-electron chi connectivity index (χ1n) is 4.83. The molecule has 2 aromatic rings. The molecule has 16 heavy (non-hydrogen) atoms. The fraction of sp³-hybridized carbons (Fsp3) is 0.167. The van der Waals surface area contributed by atoms with E-state index in [4.69, 9.17) is 28.9 Å². The molecule has 1 aromatic carbocycles. The Hall–Kier alpha value is -0.540. The number of nitrogens with two attached hydrogens (primary N) is 1. The van der Waals surface area contributed by atoms with Gasteiger partial charge in [0.2, 0.25) is 0 Å². The summed E-state index contributed by atoms with van der Waals surface area (Å²) in [5.41, 5.74) is 9.36. The number of benzene rings is 1. The highest BCUT2D eigenvalue weighted by atomic mass is 35.5. The van der Waals surface area contributed by atoms with E-state index in [1.54, 1.807) is 23.5 Å². The third-order valence-electron chi connectivity index (χ3n) is 2.52. The molecule has 4 heteroatoms. The van der Waals surface area contributed by atoms with Gasteiger partial charge >= 0.3 is 0 Å². The van der Waals surface area contributed by atoms with E-state index in [9.17, 15) is 0 Å². The molecule has 1 nitrogen and oxygen atoms in total. The first-order chi connectivity index (χ1) is 7.59. The van der Waals surface area contributed by atoms with Crippen molar-refractivity contribution < 1.29 is 0 Å². The van der Waals surface area contributed by atoms with Crippen molar-refractivity contribution in [3.05, 3.63) is 55.7 Å². The lowest BCUT2D eigenvalue weighted by atomic mass is 9.99. The Kier molecular flexibility index (Phi) is 3.55. The fourth-order valence-corrected chi connectivity index (χ4v) is 2.91. The molecule has 0 saturated heterocycles. The van der Waals surface area contributed by atoms with E-state index in [1.807, 2.05) is 13.0 Å². The maximum Gasteiger partial charge on any atom is 0.0577 e. The summed E-state index contributed by atoms with van der Waals surface area (Å²) < 4.78 is 0. The van der Waals surface area contributed by atoms with E-state index in [0.717, 1.165) is 11.1 Å². The summed E-state index contributed by atoms with van der Waals surface area (Å²) in [6, 6.07) is 5.16. The van der Waals surface area contributed by atoms with E-state index in [0.29, 0.717) is 10.0 Å². The minimum absolute atomic E-state index is 0.211. The van der Waals surface area contributed by atoms with E-state index in [1.165, 1.54) is 5.56 Å². The lowest BCUT2D eigenvalue weighted by Gasteiger charge is -2.14. The summed E-state index contributed by atoms with van der Waals surface area (Å²) in [7, 11) is 0. The van der Waals surface area contributed by atoms with Gasteiger partial charge in [0, 0.05) is 10.0 Å². The second-order valence-corrected chi connectivity index (χ2v) is 5.24. The minimum Gasteiger partial charge on any atom is -0.320 e. The maximum absolute atomic E-state index is 6.19. The highest BCUT2D eigenvalue weighted by molar-refractivity contribution is 7.08. The predicted molar refractivity (Wildman–Crippen MR) is 71.5 cm³/mol. The molecular formula is C12H11Cl2NS. The summed E-state index contributed by atoms with van der Waals surface area (Å²) in [6.07, 6.45) is 0. The normalized spacial score (nSPS) is 12.8. The van der Waals surface area contributed by atoms with Gasteiger partial charge < -0.3 is 5.73 Å². The third-order valence-corrected chi connectivity index (χ3v) is 3.98. The molecule has 0 aliphatic carbocycles. The van der Waals surface area contributed by atoms with Crippen LogP contribution in [0.1, 0.15) is 22.7 Å². The van der Waals surface area contributed by atoms with Gasteiger partial charge in [-0.05, 0) is 52.6 Å². The topological polar surface area (TPSA) is 26.0 Å². The molecule has 0 saturated carbocycles. The Morgan fingerprint density at radius 2 is 1.94 bits per heavy atom. The fourth-order valence-electron chi connectivity index (χ4n) is 1.61. The Labute approximate surface area is 109 Å². The van der Waals surface area contributed by atoms with Crippen molar-refractivity contribution in [1.29, 1.82) is 0 Å². The minimum atomic E-state index is -0.211. The van der Waals surface area contributed by atoms with Gasteiger partial charge in [-0.15, -0.1) is 0 Å². The van der Waals surface area contributed by atoms with Gasteiger partial charge in [-0.25, -0.2) is 0 Å². The second-order valence-electron chi connectivity index (χ2n) is 3.65. The van der Waals surface area contributed by atoms with Crippen LogP contribution in [-0.2, 0) is 0 Å².